The molecule has 4 aromatic rings. The Balaban J connectivity index is 1.02. The van der Waals surface area contributed by atoms with Gasteiger partial charge in [-0.1, -0.05) is 48.5 Å². The van der Waals surface area contributed by atoms with Gasteiger partial charge in [0.25, 0.3) is 0 Å². The molecule has 50 heavy (non-hydrogen) atoms. The van der Waals surface area contributed by atoms with Crippen molar-refractivity contribution in [2.24, 2.45) is 0 Å². The van der Waals surface area contributed by atoms with Gasteiger partial charge in [-0.2, -0.15) is 0 Å². The molecule has 0 fully saturated rings. The molecule has 0 radical (unpaired) electrons. The van der Waals surface area contributed by atoms with E-state index in [1.54, 1.807) is 0 Å². The van der Waals surface area contributed by atoms with Gasteiger partial charge in [-0.05, 0) is 77.2 Å². The van der Waals surface area contributed by atoms with Crippen molar-refractivity contribution < 1.29 is 47.4 Å². The van der Waals surface area contributed by atoms with E-state index in [0.717, 1.165) is 51.7 Å². The molecule has 10 heteroatoms. The third-order valence-electron chi connectivity index (χ3n) is 7.58. The third-order valence-corrected chi connectivity index (χ3v) is 7.58. The van der Waals surface area contributed by atoms with Gasteiger partial charge < -0.3 is 47.4 Å². The molecule has 268 valence electrons. The number of rotatable bonds is 0. The van der Waals surface area contributed by atoms with Gasteiger partial charge in [0.1, 0.15) is 42.8 Å². The number of benzene rings is 4. The summed E-state index contributed by atoms with van der Waals surface area (Å²) in [7, 11) is 0. The molecule has 0 saturated carbocycles. The van der Waals surface area contributed by atoms with Crippen LogP contribution in [0.25, 0.3) is 22.3 Å². The predicted octanol–water partition coefficient (Wildman–Crippen LogP) is 6.70. The zero-order chi connectivity index (χ0) is 34.3. The SMILES string of the molecule is c1cc2ccc1OCCOCCOCCCOCOc1ccc(cc1)-c1ccc(cc1)OCCOCCOCCOCCOc1ccc-2cc1. The Hall–Kier alpha value is -4.16. The molecule has 8 bridgehead atoms. The van der Waals surface area contributed by atoms with Crippen LogP contribution >= 0.6 is 0 Å². The van der Waals surface area contributed by atoms with Crippen molar-refractivity contribution in [2.75, 3.05) is 99.3 Å². The summed E-state index contributed by atoms with van der Waals surface area (Å²) in [6.07, 6.45) is 0.774. The van der Waals surface area contributed by atoms with E-state index in [9.17, 15) is 0 Å². The standard InChI is InChI=1S/C40H48O10/c1-18-41-20-21-43-26-29-47-37-10-2-33(3-11-37)34-4-12-38(13-5-34)48-30-27-44-24-22-42-23-25-45-28-31-49-39-14-6-35(7-15-39)36-8-16-40(17-9-36)50-32-46-19-1/h2-17H,1,18-32H2. The monoisotopic (exact) mass is 688 g/mol. The van der Waals surface area contributed by atoms with Crippen molar-refractivity contribution in [3.63, 3.8) is 0 Å². The lowest BCUT2D eigenvalue weighted by Crippen LogP contribution is -2.14. The minimum atomic E-state index is 0.186. The fourth-order valence-electron chi connectivity index (χ4n) is 4.93. The molecule has 0 saturated heterocycles. The highest BCUT2D eigenvalue weighted by atomic mass is 16.7. The average Bonchev–Trinajstić information content (AvgIpc) is 3.16. The zero-order valence-corrected chi connectivity index (χ0v) is 28.6. The minimum Gasteiger partial charge on any atom is -0.491 e. The van der Waals surface area contributed by atoms with Crippen LogP contribution in [0.15, 0.2) is 97.1 Å². The van der Waals surface area contributed by atoms with Crippen molar-refractivity contribution in [3.05, 3.63) is 97.1 Å². The maximum atomic E-state index is 5.82. The molecular formula is C40H48O10. The summed E-state index contributed by atoms with van der Waals surface area (Å²) in [6, 6.07) is 32.0. The van der Waals surface area contributed by atoms with Gasteiger partial charge in [-0.3, -0.25) is 0 Å². The smallest absolute Gasteiger partial charge is 0.189 e. The van der Waals surface area contributed by atoms with E-state index in [1.807, 2.05) is 97.1 Å². The fourth-order valence-corrected chi connectivity index (χ4v) is 4.93. The zero-order valence-electron chi connectivity index (χ0n) is 28.6. The Morgan fingerprint density at radius 2 is 0.500 bits per heavy atom. The molecule has 10 aliphatic heterocycles. The lowest BCUT2D eigenvalue weighted by atomic mass is 10.1. The first-order valence-electron chi connectivity index (χ1n) is 17.2. The lowest BCUT2D eigenvalue weighted by molar-refractivity contribution is -0.00373. The quantitative estimate of drug-likeness (QED) is 0.199. The second kappa shape index (κ2) is 22.5. The molecule has 0 spiro atoms. The molecule has 0 amide bonds. The van der Waals surface area contributed by atoms with Crippen molar-refractivity contribution in [1.82, 2.24) is 0 Å². The van der Waals surface area contributed by atoms with Crippen LogP contribution in [0, 0.1) is 0 Å². The van der Waals surface area contributed by atoms with Crippen LogP contribution in [0.1, 0.15) is 6.42 Å². The van der Waals surface area contributed by atoms with Crippen molar-refractivity contribution in [2.45, 2.75) is 6.42 Å². The van der Waals surface area contributed by atoms with Crippen LogP contribution in [0.2, 0.25) is 0 Å². The van der Waals surface area contributed by atoms with E-state index in [1.165, 1.54) is 0 Å². The van der Waals surface area contributed by atoms with Gasteiger partial charge in [0, 0.05) is 6.61 Å². The second-order valence-electron chi connectivity index (χ2n) is 11.2. The van der Waals surface area contributed by atoms with Crippen molar-refractivity contribution >= 4 is 0 Å². The van der Waals surface area contributed by atoms with Crippen LogP contribution in [0.4, 0.5) is 0 Å². The molecule has 0 atom stereocenters. The highest BCUT2D eigenvalue weighted by Crippen LogP contribution is 2.26. The normalized spacial score (nSPS) is 17.3. The van der Waals surface area contributed by atoms with E-state index < -0.39 is 0 Å². The summed E-state index contributed by atoms with van der Waals surface area (Å²) in [4.78, 5) is 0. The Morgan fingerprint density at radius 3 is 0.840 bits per heavy atom. The van der Waals surface area contributed by atoms with Gasteiger partial charge in [0.2, 0.25) is 0 Å². The Kier molecular flexibility index (Phi) is 16.7. The summed E-state index contributed by atoms with van der Waals surface area (Å²) in [5.74, 6) is 3.15. The Labute approximate surface area is 295 Å². The van der Waals surface area contributed by atoms with Gasteiger partial charge in [-0.15, -0.1) is 0 Å². The third kappa shape index (κ3) is 14.0. The summed E-state index contributed by atoms with van der Waals surface area (Å²) in [5, 5.41) is 0. The van der Waals surface area contributed by atoms with Gasteiger partial charge in [0.05, 0.1) is 66.1 Å². The highest BCUT2D eigenvalue weighted by Gasteiger charge is 2.04. The highest BCUT2D eigenvalue weighted by molar-refractivity contribution is 5.65. The van der Waals surface area contributed by atoms with Gasteiger partial charge in [0.15, 0.2) is 6.79 Å². The first-order chi connectivity index (χ1) is 24.8. The molecule has 0 aliphatic carbocycles. The molecule has 0 aromatic heterocycles. The fraction of sp³-hybridized carbons (Fsp3) is 0.400. The van der Waals surface area contributed by atoms with E-state index in [-0.39, 0.29) is 6.79 Å². The van der Waals surface area contributed by atoms with Crippen LogP contribution in [-0.2, 0) is 28.4 Å². The van der Waals surface area contributed by atoms with E-state index >= 15 is 0 Å². The first-order valence-corrected chi connectivity index (χ1v) is 17.2. The Bertz CT molecular complexity index is 1220. The summed E-state index contributed by atoms with van der Waals surface area (Å²) in [6.45, 7) is 7.20. The molecule has 10 heterocycles. The molecule has 14 rings (SSSR count). The topological polar surface area (TPSA) is 92.3 Å². The van der Waals surface area contributed by atoms with Crippen molar-refractivity contribution in [1.29, 1.82) is 0 Å². The van der Waals surface area contributed by atoms with Crippen LogP contribution in [0.5, 0.6) is 23.0 Å². The summed E-state index contributed by atoms with van der Waals surface area (Å²) in [5.41, 5.74) is 4.38. The molecule has 4 aromatic carbocycles. The molecule has 10 nitrogen and oxygen atoms in total. The maximum Gasteiger partial charge on any atom is 0.189 e. The minimum absolute atomic E-state index is 0.186. The molecule has 0 unspecified atom stereocenters. The summed E-state index contributed by atoms with van der Waals surface area (Å²) < 4.78 is 56.9. The molecule has 0 N–H and O–H groups in total. The van der Waals surface area contributed by atoms with Crippen molar-refractivity contribution in [3.8, 4) is 45.3 Å². The van der Waals surface area contributed by atoms with E-state index in [0.29, 0.717) is 92.5 Å². The van der Waals surface area contributed by atoms with E-state index in [2.05, 4.69) is 0 Å². The summed E-state index contributed by atoms with van der Waals surface area (Å²) >= 11 is 0. The number of hydrogen-bond acceptors (Lipinski definition) is 10. The first kappa shape index (κ1) is 37.1. The van der Waals surface area contributed by atoms with Crippen LogP contribution in [0.3, 0.4) is 0 Å². The van der Waals surface area contributed by atoms with Gasteiger partial charge >= 0.3 is 0 Å². The van der Waals surface area contributed by atoms with Gasteiger partial charge in [-0.25, -0.2) is 0 Å². The molecule has 10 aliphatic rings. The number of hydrogen-bond donors (Lipinski definition) is 0. The Morgan fingerprint density at radius 1 is 0.240 bits per heavy atom. The lowest BCUT2D eigenvalue weighted by Gasteiger charge is -2.11. The molecular weight excluding hydrogens is 640 g/mol. The van der Waals surface area contributed by atoms with Crippen LogP contribution in [-0.4, -0.2) is 99.3 Å². The van der Waals surface area contributed by atoms with Crippen LogP contribution < -0.4 is 18.9 Å². The van der Waals surface area contributed by atoms with E-state index in [4.69, 9.17) is 47.4 Å². The number of ether oxygens (including phenoxy) is 10. The largest absolute Gasteiger partial charge is 0.491 e. The second-order valence-corrected chi connectivity index (χ2v) is 11.2. The average molecular weight is 689 g/mol. The predicted molar refractivity (Wildman–Crippen MR) is 190 cm³/mol. The maximum absolute atomic E-state index is 5.82.